The Hall–Kier alpha value is -2.32. The molecule has 0 bridgehead atoms. The van der Waals surface area contributed by atoms with Gasteiger partial charge < -0.3 is 0 Å². The number of nitrogens with zero attached hydrogens (tertiary/aromatic N) is 3. The van der Waals surface area contributed by atoms with E-state index in [1.807, 2.05) is 42.5 Å². The third-order valence-corrected chi connectivity index (χ3v) is 3.64. The molecule has 1 aromatic heterocycles. The van der Waals surface area contributed by atoms with Crippen molar-refractivity contribution in [1.29, 1.82) is 5.26 Å². The molecule has 2 aromatic rings. The van der Waals surface area contributed by atoms with Gasteiger partial charge in [-0.15, -0.1) is 11.8 Å². The smallest absolute Gasteiger partial charge is 0.260 e. The Bertz CT molecular complexity index is 635. The van der Waals surface area contributed by atoms with Gasteiger partial charge in [-0.2, -0.15) is 5.26 Å². The summed E-state index contributed by atoms with van der Waals surface area (Å²) in [5.41, 5.74) is 1.19. The zero-order chi connectivity index (χ0) is 15.1. The Morgan fingerprint density at radius 2 is 2.05 bits per heavy atom. The molecule has 21 heavy (non-hydrogen) atoms. The number of benzene rings is 1. The predicted octanol–water partition coefficient (Wildman–Crippen LogP) is 3.36. The van der Waals surface area contributed by atoms with Crippen molar-refractivity contribution in [3.05, 3.63) is 54.2 Å². The van der Waals surface area contributed by atoms with Crippen LogP contribution in [0.4, 0.5) is 5.69 Å². The van der Waals surface area contributed by atoms with E-state index in [9.17, 15) is 4.79 Å². The zero-order valence-corrected chi connectivity index (χ0v) is 12.5. The van der Waals surface area contributed by atoms with E-state index in [0.717, 1.165) is 10.8 Å². The van der Waals surface area contributed by atoms with Crippen LogP contribution in [0.2, 0.25) is 0 Å². The highest BCUT2D eigenvalue weighted by molar-refractivity contribution is 7.99. The number of carbonyl (C=O) groups is 1. The minimum Gasteiger partial charge on any atom is -0.295 e. The lowest BCUT2D eigenvalue weighted by atomic mass is 10.2. The number of carbonyl (C=O) groups excluding carboxylic acids is 1. The highest BCUT2D eigenvalue weighted by Crippen LogP contribution is 2.18. The molecule has 0 saturated carbocycles. The van der Waals surface area contributed by atoms with Crippen LogP contribution in [0.1, 0.15) is 17.3 Å². The molecule has 106 valence electrons. The van der Waals surface area contributed by atoms with Gasteiger partial charge in [0, 0.05) is 11.9 Å². The van der Waals surface area contributed by atoms with E-state index >= 15 is 0 Å². The number of thioether (sulfide) groups is 1. The Balaban J connectivity index is 2.24. The first kappa shape index (κ1) is 15.1. The normalized spacial score (nSPS) is 9.90. The number of hydrogen-bond donors (Lipinski definition) is 0. The molecule has 1 amide bonds. The molecule has 0 fully saturated rings. The molecule has 0 spiro atoms. The monoisotopic (exact) mass is 297 g/mol. The van der Waals surface area contributed by atoms with Crippen LogP contribution in [0.25, 0.3) is 0 Å². The summed E-state index contributed by atoms with van der Waals surface area (Å²) >= 11 is 1.62. The first-order chi connectivity index (χ1) is 10.3. The average Bonchev–Trinajstić information content (AvgIpc) is 2.54. The maximum absolute atomic E-state index is 12.5. The summed E-state index contributed by atoms with van der Waals surface area (Å²) in [6, 6.07) is 14.8. The third-order valence-electron chi connectivity index (χ3n) is 2.82. The number of amides is 1. The highest BCUT2D eigenvalue weighted by Gasteiger charge is 2.17. The average molecular weight is 297 g/mol. The van der Waals surface area contributed by atoms with Gasteiger partial charge in [0.05, 0.1) is 16.7 Å². The summed E-state index contributed by atoms with van der Waals surface area (Å²) in [6.45, 7) is 2.06. The standard InChI is InChI=1S/C16H15N3OS/c1-2-21-15-9-8-13(12-18-15)16(20)19(11-10-17)14-6-4-3-5-7-14/h3-9,12H,2,11H2,1H3. The van der Waals surface area contributed by atoms with Crippen molar-refractivity contribution in [3.8, 4) is 6.07 Å². The van der Waals surface area contributed by atoms with Crippen LogP contribution >= 0.6 is 11.8 Å². The maximum atomic E-state index is 12.5. The summed E-state index contributed by atoms with van der Waals surface area (Å²) in [7, 11) is 0. The van der Waals surface area contributed by atoms with Crippen LogP contribution in [-0.2, 0) is 0 Å². The number of pyridine rings is 1. The van der Waals surface area contributed by atoms with Crippen LogP contribution < -0.4 is 4.90 Å². The van der Waals surface area contributed by atoms with Crippen molar-refractivity contribution in [1.82, 2.24) is 4.98 Å². The SMILES string of the molecule is CCSc1ccc(C(=O)N(CC#N)c2ccccc2)cn1. The number of nitriles is 1. The lowest BCUT2D eigenvalue weighted by Crippen LogP contribution is -2.31. The second kappa shape index (κ2) is 7.46. The van der Waals surface area contributed by atoms with Crippen molar-refractivity contribution in [2.45, 2.75) is 11.9 Å². The fraction of sp³-hybridized carbons (Fsp3) is 0.188. The number of hydrogen-bond acceptors (Lipinski definition) is 4. The van der Waals surface area contributed by atoms with Crippen LogP contribution in [0.15, 0.2) is 53.7 Å². The molecule has 0 aliphatic carbocycles. The van der Waals surface area contributed by atoms with Crippen molar-refractivity contribution in [2.24, 2.45) is 0 Å². The summed E-state index contributed by atoms with van der Waals surface area (Å²) in [4.78, 5) is 18.2. The van der Waals surface area contributed by atoms with Crippen LogP contribution in [0.5, 0.6) is 0 Å². The van der Waals surface area contributed by atoms with Gasteiger partial charge in [0.25, 0.3) is 5.91 Å². The molecule has 5 heteroatoms. The van der Waals surface area contributed by atoms with Gasteiger partial charge in [-0.05, 0) is 30.0 Å². The van der Waals surface area contributed by atoms with Gasteiger partial charge >= 0.3 is 0 Å². The van der Waals surface area contributed by atoms with E-state index in [0.29, 0.717) is 11.3 Å². The molecule has 4 nitrogen and oxygen atoms in total. The number of para-hydroxylation sites is 1. The Morgan fingerprint density at radius 3 is 2.62 bits per heavy atom. The van der Waals surface area contributed by atoms with Gasteiger partial charge in [0.1, 0.15) is 6.54 Å². The van der Waals surface area contributed by atoms with Crippen molar-refractivity contribution >= 4 is 23.4 Å². The van der Waals surface area contributed by atoms with E-state index < -0.39 is 0 Å². The van der Waals surface area contributed by atoms with Crippen LogP contribution in [0, 0.1) is 11.3 Å². The van der Waals surface area contributed by atoms with Crippen molar-refractivity contribution < 1.29 is 4.79 Å². The van der Waals surface area contributed by atoms with Crippen molar-refractivity contribution in [3.63, 3.8) is 0 Å². The number of rotatable bonds is 5. The molecule has 0 N–H and O–H groups in total. The summed E-state index contributed by atoms with van der Waals surface area (Å²) < 4.78 is 0. The minimum absolute atomic E-state index is 0.00824. The summed E-state index contributed by atoms with van der Waals surface area (Å²) in [5, 5.41) is 9.83. The van der Waals surface area contributed by atoms with E-state index in [1.54, 1.807) is 24.0 Å². The van der Waals surface area contributed by atoms with Gasteiger partial charge in [0.15, 0.2) is 0 Å². The fourth-order valence-corrected chi connectivity index (χ4v) is 2.44. The highest BCUT2D eigenvalue weighted by atomic mass is 32.2. The van der Waals surface area contributed by atoms with E-state index in [-0.39, 0.29) is 12.5 Å². The second-order valence-electron chi connectivity index (χ2n) is 4.20. The molecule has 0 radical (unpaired) electrons. The summed E-state index contributed by atoms with van der Waals surface area (Å²) in [5.74, 6) is 0.716. The largest absolute Gasteiger partial charge is 0.295 e. The second-order valence-corrected chi connectivity index (χ2v) is 5.49. The van der Waals surface area contributed by atoms with E-state index in [1.165, 1.54) is 4.90 Å². The van der Waals surface area contributed by atoms with Crippen LogP contribution in [0.3, 0.4) is 0 Å². The van der Waals surface area contributed by atoms with E-state index in [4.69, 9.17) is 5.26 Å². The molecule has 1 heterocycles. The van der Waals surface area contributed by atoms with Gasteiger partial charge in [-0.1, -0.05) is 25.1 Å². The van der Waals surface area contributed by atoms with E-state index in [2.05, 4.69) is 11.9 Å². The van der Waals surface area contributed by atoms with Gasteiger partial charge in [-0.3, -0.25) is 9.69 Å². The quantitative estimate of drug-likeness (QED) is 0.627. The molecule has 0 aliphatic rings. The zero-order valence-electron chi connectivity index (χ0n) is 11.7. The molecule has 2 rings (SSSR count). The lowest BCUT2D eigenvalue weighted by Gasteiger charge is -2.19. The van der Waals surface area contributed by atoms with Crippen LogP contribution in [-0.4, -0.2) is 23.2 Å². The predicted molar refractivity (Wildman–Crippen MR) is 84.4 cm³/mol. The molecular weight excluding hydrogens is 282 g/mol. The van der Waals surface area contributed by atoms with Gasteiger partial charge in [-0.25, -0.2) is 4.98 Å². The topological polar surface area (TPSA) is 57.0 Å². The molecule has 1 aromatic carbocycles. The first-order valence-corrected chi connectivity index (χ1v) is 7.57. The number of anilines is 1. The van der Waals surface area contributed by atoms with Gasteiger partial charge in [0.2, 0.25) is 0 Å². The third kappa shape index (κ3) is 3.83. The lowest BCUT2D eigenvalue weighted by molar-refractivity contribution is 0.0989. The summed E-state index contributed by atoms with van der Waals surface area (Å²) in [6.07, 6.45) is 1.56. The van der Waals surface area contributed by atoms with Crippen molar-refractivity contribution in [2.75, 3.05) is 17.2 Å². The first-order valence-electron chi connectivity index (χ1n) is 6.59. The minimum atomic E-state index is -0.219. The maximum Gasteiger partial charge on any atom is 0.260 e. The Labute approximate surface area is 128 Å². The fourth-order valence-electron chi connectivity index (χ4n) is 1.85. The molecule has 0 saturated heterocycles. The number of aromatic nitrogens is 1. The Morgan fingerprint density at radius 1 is 1.29 bits per heavy atom. The molecule has 0 aliphatic heterocycles. The molecule has 0 unspecified atom stereocenters. The molecule has 0 atom stereocenters. The Kier molecular flexibility index (Phi) is 5.35. The molecular formula is C16H15N3OS.